The zero-order valence-electron chi connectivity index (χ0n) is 15.4. The van der Waals surface area contributed by atoms with E-state index in [-0.39, 0.29) is 5.91 Å². The number of aryl methyl sites for hydroxylation is 1. The Balaban J connectivity index is 1.29. The number of anilines is 1. The van der Waals surface area contributed by atoms with Gasteiger partial charge in [0.05, 0.1) is 6.54 Å². The number of hydrogen-bond donors (Lipinski definition) is 1. The Bertz CT molecular complexity index is 928. The smallest absolute Gasteiger partial charge is 0.240 e. The summed E-state index contributed by atoms with van der Waals surface area (Å²) in [6.45, 7) is 6.96. The van der Waals surface area contributed by atoms with Gasteiger partial charge in [0.25, 0.3) is 0 Å². The Kier molecular flexibility index (Phi) is 5.42. The molecule has 1 aliphatic rings. The summed E-state index contributed by atoms with van der Waals surface area (Å²) in [4.78, 5) is 16.8. The van der Waals surface area contributed by atoms with E-state index in [1.54, 1.807) is 0 Å². The minimum Gasteiger partial charge on any atom is -0.299 e. The second-order valence-corrected chi connectivity index (χ2v) is 8.05. The maximum absolute atomic E-state index is 12.2. The fraction of sp³-hybridized carbons (Fsp3) is 0.350. The SMILES string of the molecule is Cc1nnc(NC(=O)CN2CCN(Cc3cccc4ccccc34)CC2)s1. The van der Waals surface area contributed by atoms with Crippen molar-refractivity contribution in [2.24, 2.45) is 0 Å². The molecule has 4 rings (SSSR count). The minimum absolute atomic E-state index is 0.0198. The number of aromatic nitrogens is 2. The quantitative estimate of drug-likeness (QED) is 0.736. The molecule has 0 saturated carbocycles. The molecule has 1 aromatic heterocycles. The van der Waals surface area contributed by atoms with Crippen LogP contribution in [0.25, 0.3) is 10.8 Å². The van der Waals surface area contributed by atoms with E-state index in [1.165, 1.54) is 27.7 Å². The van der Waals surface area contributed by atoms with Gasteiger partial charge >= 0.3 is 0 Å². The van der Waals surface area contributed by atoms with Crippen molar-refractivity contribution in [3.63, 3.8) is 0 Å². The zero-order chi connectivity index (χ0) is 18.6. The Morgan fingerprint density at radius 3 is 2.56 bits per heavy atom. The Hall–Kier alpha value is -2.35. The molecule has 0 unspecified atom stereocenters. The number of carbonyl (C=O) groups excluding carboxylic acids is 1. The molecule has 6 nitrogen and oxygen atoms in total. The van der Waals surface area contributed by atoms with E-state index in [0.717, 1.165) is 37.7 Å². The fourth-order valence-corrected chi connectivity index (χ4v) is 4.09. The Morgan fingerprint density at radius 1 is 1.04 bits per heavy atom. The lowest BCUT2D eigenvalue weighted by molar-refractivity contribution is -0.117. The predicted octanol–water partition coefficient (Wildman–Crippen LogP) is 2.76. The monoisotopic (exact) mass is 381 g/mol. The fourth-order valence-electron chi connectivity index (χ4n) is 3.49. The molecular weight excluding hydrogens is 358 g/mol. The summed E-state index contributed by atoms with van der Waals surface area (Å²) < 4.78 is 0. The van der Waals surface area contributed by atoms with Crippen molar-refractivity contribution in [3.05, 3.63) is 53.0 Å². The van der Waals surface area contributed by atoms with Crippen molar-refractivity contribution in [1.29, 1.82) is 0 Å². The van der Waals surface area contributed by atoms with Gasteiger partial charge in [-0.05, 0) is 23.3 Å². The average molecular weight is 382 g/mol. The van der Waals surface area contributed by atoms with Gasteiger partial charge in [0.15, 0.2) is 0 Å². The highest BCUT2D eigenvalue weighted by Gasteiger charge is 2.20. The van der Waals surface area contributed by atoms with Crippen LogP contribution in [0.4, 0.5) is 5.13 Å². The highest BCUT2D eigenvalue weighted by molar-refractivity contribution is 7.15. The number of carbonyl (C=O) groups is 1. The van der Waals surface area contributed by atoms with Crippen LogP contribution in [0, 0.1) is 6.92 Å². The van der Waals surface area contributed by atoms with Gasteiger partial charge in [0.1, 0.15) is 5.01 Å². The van der Waals surface area contributed by atoms with Crippen LogP contribution in [-0.2, 0) is 11.3 Å². The third-order valence-corrected chi connectivity index (χ3v) is 5.63. The number of fused-ring (bicyclic) bond motifs is 1. The van der Waals surface area contributed by atoms with Gasteiger partial charge < -0.3 is 0 Å². The van der Waals surface area contributed by atoms with Crippen molar-refractivity contribution < 1.29 is 4.79 Å². The van der Waals surface area contributed by atoms with Gasteiger partial charge in [-0.1, -0.05) is 53.8 Å². The van der Waals surface area contributed by atoms with Gasteiger partial charge in [-0.25, -0.2) is 0 Å². The van der Waals surface area contributed by atoms with E-state index in [1.807, 2.05) is 6.92 Å². The van der Waals surface area contributed by atoms with E-state index in [0.29, 0.717) is 11.7 Å². The number of amides is 1. The Labute approximate surface area is 162 Å². The van der Waals surface area contributed by atoms with Gasteiger partial charge in [0.2, 0.25) is 11.0 Å². The van der Waals surface area contributed by atoms with E-state index in [2.05, 4.69) is 67.8 Å². The third-order valence-electron chi connectivity index (χ3n) is 4.88. The molecule has 1 N–H and O–H groups in total. The molecule has 27 heavy (non-hydrogen) atoms. The summed E-state index contributed by atoms with van der Waals surface area (Å²) in [5, 5.41) is 14.7. The average Bonchev–Trinajstić information content (AvgIpc) is 3.08. The molecule has 140 valence electrons. The van der Waals surface area contributed by atoms with Crippen molar-refractivity contribution in [2.45, 2.75) is 13.5 Å². The molecule has 1 aliphatic heterocycles. The highest BCUT2D eigenvalue weighted by Crippen LogP contribution is 2.20. The van der Waals surface area contributed by atoms with Gasteiger partial charge in [0, 0.05) is 32.7 Å². The molecule has 0 atom stereocenters. The molecule has 7 heteroatoms. The van der Waals surface area contributed by atoms with Crippen LogP contribution in [0.1, 0.15) is 10.6 Å². The van der Waals surface area contributed by atoms with E-state index >= 15 is 0 Å². The molecule has 0 aliphatic carbocycles. The molecular formula is C20H23N5OS. The first kappa shape index (κ1) is 18.0. The van der Waals surface area contributed by atoms with E-state index in [9.17, 15) is 4.79 Å². The van der Waals surface area contributed by atoms with Crippen molar-refractivity contribution in [2.75, 3.05) is 38.0 Å². The largest absolute Gasteiger partial charge is 0.299 e. The predicted molar refractivity (Wildman–Crippen MR) is 109 cm³/mol. The molecule has 0 radical (unpaired) electrons. The lowest BCUT2D eigenvalue weighted by atomic mass is 10.0. The lowest BCUT2D eigenvalue weighted by Crippen LogP contribution is -2.48. The van der Waals surface area contributed by atoms with Gasteiger partial charge in [-0.2, -0.15) is 0 Å². The second-order valence-electron chi connectivity index (χ2n) is 6.86. The summed E-state index contributed by atoms with van der Waals surface area (Å²) >= 11 is 1.40. The minimum atomic E-state index is -0.0198. The molecule has 0 bridgehead atoms. The van der Waals surface area contributed by atoms with E-state index < -0.39 is 0 Å². The highest BCUT2D eigenvalue weighted by atomic mass is 32.1. The number of benzene rings is 2. The van der Waals surface area contributed by atoms with Crippen molar-refractivity contribution in [3.8, 4) is 0 Å². The van der Waals surface area contributed by atoms with Crippen LogP contribution in [0.15, 0.2) is 42.5 Å². The number of nitrogens with zero attached hydrogens (tertiary/aromatic N) is 4. The number of nitrogens with one attached hydrogen (secondary N) is 1. The van der Waals surface area contributed by atoms with Gasteiger partial charge in [-0.3, -0.25) is 19.9 Å². The number of hydrogen-bond acceptors (Lipinski definition) is 6. The summed E-state index contributed by atoms with van der Waals surface area (Å²) in [6.07, 6.45) is 0. The van der Waals surface area contributed by atoms with Crippen LogP contribution >= 0.6 is 11.3 Å². The Morgan fingerprint density at radius 2 is 1.78 bits per heavy atom. The molecule has 1 saturated heterocycles. The first-order chi connectivity index (χ1) is 13.2. The van der Waals surface area contributed by atoms with Gasteiger partial charge in [-0.15, -0.1) is 10.2 Å². The summed E-state index contributed by atoms with van der Waals surface area (Å²) in [6, 6.07) is 15.0. The zero-order valence-corrected chi connectivity index (χ0v) is 16.2. The molecule has 2 heterocycles. The van der Waals surface area contributed by atoms with Crippen LogP contribution in [0.5, 0.6) is 0 Å². The lowest BCUT2D eigenvalue weighted by Gasteiger charge is -2.34. The molecule has 1 fully saturated rings. The van der Waals surface area contributed by atoms with Crippen LogP contribution in [0.3, 0.4) is 0 Å². The third kappa shape index (κ3) is 4.50. The maximum Gasteiger partial charge on any atom is 0.240 e. The number of rotatable bonds is 5. The van der Waals surface area contributed by atoms with Crippen molar-refractivity contribution in [1.82, 2.24) is 20.0 Å². The standard InChI is InChI=1S/C20H23N5OS/c1-15-22-23-20(27-15)21-19(26)14-25-11-9-24(10-12-25)13-17-7-4-6-16-5-2-3-8-18(16)17/h2-8H,9-14H2,1H3,(H,21,23,26). The maximum atomic E-state index is 12.2. The summed E-state index contributed by atoms with van der Waals surface area (Å²) in [5.74, 6) is -0.0198. The van der Waals surface area contributed by atoms with Crippen LogP contribution in [0.2, 0.25) is 0 Å². The molecule has 0 spiro atoms. The summed E-state index contributed by atoms with van der Waals surface area (Å²) in [7, 11) is 0. The topological polar surface area (TPSA) is 61.4 Å². The first-order valence-corrected chi connectivity index (χ1v) is 10.0. The number of piperazine rings is 1. The second kappa shape index (κ2) is 8.12. The normalized spacial score (nSPS) is 15.9. The summed E-state index contributed by atoms with van der Waals surface area (Å²) in [5.41, 5.74) is 1.37. The van der Waals surface area contributed by atoms with Crippen LogP contribution < -0.4 is 5.32 Å². The molecule has 3 aromatic rings. The molecule has 1 amide bonds. The van der Waals surface area contributed by atoms with Crippen molar-refractivity contribution >= 4 is 33.1 Å². The molecule has 2 aromatic carbocycles. The van der Waals surface area contributed by atoms with Crippen LogP contribution in [-0.4, -0.2) is 58.6 Å². The first-order valence-electron chi connectivity index (χ1n) is 9.19. The van der Waals surface area contributed by atoms with E-state index in [4.69, 9.17) is 0 Å².